The molecular weight excluding hydrogens is 272 g/mol. The first-order chi connectivity index (χ1) is 9.93. The molecule has 21 heavy (non-hydrogen) atoms. The minimum atomic E-state index is -0.761. The van der Waals surface area contributed by atoms with Crippen LogP contribution >= 0.6 is 0 Å². The highest BCUT2D eigenvalue weighted by atomic mass is 16.6. The van der Waals surface area contributed by atoms with Gasteiger partial charge in [-0.3, -0.25) is 19.8 Å². The average molecular weight is 292 g/mol. The fraction of sp³-hybridized carbons (Fsp3) is 0.533. The van der Waals surface area contributed by atoms with Gasteiger partial charge in [-0.25, -0.2) is 0 Å². The van der Waals surface area contributed by atoms with Crippen LogP contribution < -0.4 is 0 Å². The van der Waals surface area contributed by atoms with Crippen molar-refractivity contribution in [3.8, 4) is 0 Å². The molecule has 1 heterocycles. The maximum atomic E-state index is 11.0. The van der Waals surface area contributed by atoms with Gasteiger partial charge < -0.3 is 5.11 Å². The summed E-state index contributed by atoms with van der Waals surface area (Å²) in [4.78, 5) is 23.6. The Bertz CT molecular complexity index is 540. The van der Waals surface area contributed by atoms with Crippen molar-refractivity contribution in [3.63, 3.8) is 0 Å². The van der Waals surface area contributed by atoms with E-state index in [4.69, 9.17) is 5.11 Å². The summed E-state index contributed by atoms with van der Waals surface area (Å²) in [7, 11) is 0. The first-order valence-corrected chi connectivity index (χ1v) is 7.15. The molecule has 1 aromatic carbocycles. The fourth-order valence-electron chi connectivity index (χ4n) is 2.87. The van der Waals surface area contributed by atoms with Gasteiger partial charge in [-0.2, -0.15) is 0 Å². The monoisotopic (exact) mass is 292 g/mol. The van der Waals surface area contributed by atoms with Gasteiger partial charge in [0.15, 0.2) is 0 Å². The Kier molecular flexibility index (Phi) is 4.57. The number of hydrogen-bond acceptors (Lipinski definition) is 4. The molecule has 2 atom stereocenters. The number of benzene rings is 1. The molecule has 2 rings (SSSR count). The third-order valence-corrected chi connectivity index (χ3v) is 4.33. The lowest BCUT2D eigenvalue weighted by Gasteiger charge is -2.45. The van der Waals surface area contributed by atoms with Crippen molar-refractivity contribution in [3.05, 3.63) is 39.9 Å². The lowest BCUT2D eigenvalue weighted by Crippen LogP contribution is -2.52. The number of non-ortho nitro benzene ring substituents is 1. The standard InChI is InChI=1S/C15H20N2O4/c1-3-14(11-5-4-6-13(7-11)17(20)21)16-8-12(9-16)10(2)15(18)19/h4-7,10,12,14H,3,8-9H2,1-2H3,(H,18,19). The van der Waals surface area contributed by atoms with Crippen molar-refractivity contribution < 1.29 is 14.8 Å². The fourth-order valence-corrected chi connectivity index (χ4v) is 2.87. The number of rotatable bonds is 6. The summed E-state index contributed by atoms with van der Waals surface area (Å²) in [5.41, 5.74) is 1.02. The molecule has 1 aromatic rings. The Labute approximate surface area is 123 Å². The van der Waals surface area contributed by atoms with Crippen LogP contribution in [0.2, 0.25) is 0 Å². The summed E-state index contributed by atoms with van der Waals surface area (Å²) in [6, 6.07) is 6.81. The van der Waals surface area contributed by atoms with E-state index < -0.39 is 5.97 Å². The van der Waals surface area contributed by atoms with Crippen LogP contribution in [-0.4, -0.2) is 34.0 Å². The van der Waals surface area contributed by atoms with E-state index in [0.717, 1.165) is 25.1 Å². The van der Waals surface area contributed by atoms with E-state index in [-0.39, 0.29) is 28.5 Å². The van der Waals surface area contributed by atoms with Crippen LogP contribution in [0.3, 0.4) is 0 Å². The predicted octanol–water partition coefficient (Wildman–Crippen LogP) is 2.70. The Morgan fingerprint density at radius 1 is 1.52 bits per heavy atom. The molecule has 0 saturated carbocycles. The van der Waals surface area contributed by atoms with Crippen LogP contribution in [-0.2, 0) is 4.79 Å². The van der Waals surface area contributed by atoms with Gasteiger partial charge in [0.25, 0.3) is 5.69 Å². The first-order valence-electron chi connectivity index (χ1n) is 7.15. The maximum absolute atomic E-state index is 11.0. The first kappa shape index (κ1) is 15.4. The Hall–Kier alpha value is -1.95. The van der Waals surface area contributed by atoms with E-state index in [1.807, 2.05) is 13.0 Å². The van der Waals surface area contributed by atoms with E-state index in [0.29, 0.717) is 0 Å². The van der Waals surface area contributed by atoms with E-state index in [2.05, 4.69) is 4.90 Å². The van der Waals surface area contributed by atoms with Crippen molar-refractivity contribution >= 4 is 11.7 Å². The summed E-state index contributed by atoms with van der Waals surface area (Å²) in [5.74, 6) is -0.942. The second kappa shape index (κ2) is 6.22. The third kappa shape index (κ3) is 3.21. The molecule has 6 nitrogen and oxygen atoms in total. The normalized spacial score (nSPS) is 18.8. The summed E-state index contributed by atoms with van der Waals surface area (Å²) in [6.07, 6.45) is 0.843. The van der Waals surface area contributed by atoms with Crippen LogP contribution in [0.25, 0.3) is 0 Å². The topological polar surface area (TPSA) is 83.7 Å². The molecule has 0 amide bonds. The van der Waals surface area contributed by atoms with Gasteiger partial charge in [0, 0.05) is 31.3 Å². The van der Waals surface area contributed by atoms with E-state index in [1.54, 1.807) is 19.1 Å². The molecule has 6 heteroatoms. The quantitative estimate of drug-likeness (QED) is 0.643. The summed E-state index contributed by atoms with van der Waals surface area (Å²) in [5, 5.41) is 19.9. The zero-order valence-corrected chi connectivity index (χ0v) is 12.2. The number of carboxylic acids is 1. The van der Waals surface area contributed by atoms with Crippen molar-refractivity contribution in [2.45, 2.75) is 26.3 Å². The van der Waals surface area contributed by atoms with Crippen molar-refractivity contribution in [1.82, 2.24) is 4.90 Å². The Balaban J connectivity index is 2.07. The molecule has 0 spiro atoms. The summed E-state index contributed by atoms with van der Waals surface area (Å²) < 4.78 is 0. The van der Waals surface area contributed by atoms with Crippen LogP contribution in [0, 0.1) is 22.0 Å². The number of nitro groups is 1. The molecule has 2 unspecified atom stereocenters. The highest BCUT2D eigenvalue weighted by Gasteiger charge is 2.38. The van der Waals surface area contributed by atoms with Gasteiger partial charge in [0.2, 0.25) is 0 Å². The van der Waals surface area contributed by atoms with Gasteiger partial charge in [-0.05, 0) is 17.9 Å². The van der Waals surface area contributed by atoms with E-state index >= 15 is 0 Å². The molecule has 1 aliphatic rings. The predicted molar refractivity (Wildman–Crippen MR) is 78.0 cm³/mol. The number of hydrogen-bond donors (Lipinski definition) is 1. The third-order valence-electron chi connectivity index (χ3n) is 4.33. The molecule has 0 bridgehead atoms. The second-order valence-corrected chi connectivity index (χ2v) is 5.62. The molecular formula is C15H20N2O4. The molecule has 114 valence electrons. The molecule has 0 aromatic heterocycles. The maximum Gasteiger partial charge on any atom is 0.306 e. The van der Waals surface area contributed by atoms with Crippen LogP contribution in [0.1, 0.15) is 31.9 Å². The van der Waals surface area contributed by atoms with Crippen LogP contribution in [0.4, 0.5) is 5.69 Å². The molecule has 0 aliphatic carbocycles. The second-order valence-electron chi connectivity index (χ2n) is 5.62. The highest BCUT2D eigenvalue weighted by Crippen LogP contribution is 2.35. The van der Waals surface area contributed by atoms with Crippen molar-refractivity contribution in [2.24, 2.45) is 11.8 Å². The van der Waals surface area contributed by atoms with Crippen LogP contribution in [0.15, 0.2) is 24.3 Å². The lowest BCUT2D eigenvalue weighted by atomic mass is 9.84. The van der Waals surface area contributed by atoms with Gasteiger partial charge in [-0.1, -0.05) is 26.0 Å². The number of nitrogens with zero attached hydrogens (tertiary/aromatic N) is 2. The van der Waals surface area contributed by atoms with E-state index in [1.165, 1.54) is 6.07 Å². The molecule has 1 aliphatic heterocycles. The Morgan fingerprint density at radius 2 is 2.19 bits per heavy atom. The Morgan fingerprint density at radius 3 is 2.71 bits per heavy atom. The molecule has 1 saturated heterocycles. The zero-order valence-electron chi connectivity index (χ0n) is 12.2. The number of carbonyl (C=O) groups is 1. The summed E-state index contributed by atoms with van der Waals surface area (Å²) >= 11 is 0. The minimum absolute atomic E-state index is 0.0990. The molecule has 0 radical (unpaired) electrons. The van der Waals surface area contributed by atoms with Crippen molar-refractivity contribution in [2.75, 3.05) is 13.1 Å². The zero-order chi connectivity index (χ0) is 15.6. The van der Waals surface area contributed by atoms with Gasteiger partial charge in [0.05, 0.1) is 10.8 Å². The SMILES string of the molecule is CCC(c1cccc([N+](=O)[O-])c1)N1CC(C(C)C(=O)O)C1. The average Bonchev–Trinajstić information content (AvgIpc) is 2.41. The van der Waals surface area contributed by atoms with Crippen molar-refractivity contribution in [1.29, 1.82) is 0 Å². The molecule has 1 fully saturated rings. The minimum Gasteiger partial charge on any atom is -0.481 e. The number of likely N-dealkylation sites (tertiary alicyclic amines) is 1. The highest BCUT2D eigenvalue weighted by molar-refractivity contribution is 5.70. The smallest absolute Gasteiger partial charge is 0.306 e. The van der Waals surface area contributed by atoms with Gasteiger partial charge in [-0.15, -0.1) is 0 Å². The number of aliphatic carboxylic acids is 1. The van der Waals surface area contributed by atoms with Gasteiger partial charge in [0.1, 0.15) is 0 Å². The van der Waals surface area contributed by atoms with Gasteiger partial charge >= 0.3 is 5.97 Å². The number of carboxylic acid groups (broad SMARTS) is 1. The largest absolute Gasteiger partial charge is 0.481 e. The van der Waals surface area contributed by atoms with Crippen LogP contribution in [0.5, 0.6) is 0 Å². The number of nitro benzene ring substituents is 1. The van der Waals surface area contributed by atoms with E-state index in [9.17, 15) is 14.9 Å². The summed E-state index contributed by atoms with van der Waals surface area (Å²) in [6.45, 7) is 5.24. The molecule has 1 N–H and O–H groups in total. The lowest BCUT2D eigenvalue weighted by molar-refractivity contribution is -0.385.